The number of carbonyl (C=O) groups excluding carboxylic acids is 1. The number of nitrogens with one attached hydrogen (secondary N) is 2. The summed E-state index contributed by atoms with van der Waals surface area (Å²) < 4.78 is 35.8. The summed E-state index contributed by atoms with van der Waals surface area (Å²) in [6.45, 7) is 0.169. The summed E-state index contributed by atoms with van der Waals surface area (Å²) in [5.41, 5.74) is 0.238. The summed E-state index contributed by atoms with van der Waals surface area (Å²) in [6, 6.07) is 1.48. The molecule has 0 unspecified atom stereocenters. The monoisotopic (exact) mass is 309 g/mol. The molecule has 0 atom stereocenters. The lowest BCUT2D eigenvalue weighted by atomic mass is 10.2. The first-order chi connectivity index (χ1) is 9.33. The Morgan fingerprint density at radius 3 is 2.70 bits per heavy atom. The smallest absolute Gasteiger partial charge is 0.373 e. The van der Waals surface area contributed by atoms with E-state index in [1.165, 1.54) is 12.3 Å². The molecule has 1 amide bonds. The number of alkyl halides is 3. The normalized spacial score (nSPS) is 11.2. The summed E-state index contributed by atoms with van der Waals surface area (Å²) in [4.78, 5) is 15.7. The van der Waals surface area contributed by atoms with Crippen molar-refractivity contribution in [1.29, 1.82) is 0 Å². The second-order valence-electron chi connectivity index (χ2n) is 4.13. The minimum Gasteiger partial charge on any atom is -0.373 e. The van der Waals surface area contributed by atoms with Gasteiger partial charge < -0.3 is 10.6 Å². The Hall–Kier alpha value is -1.50. The first-order valence-corrected chi connectivity index (χ1v) is 6.39. The molecule has 0 spiro atoms. The molecule has 2 N–H and O–H groups in total. The standard InChI is InChI=1S/C12H15ClF3N3O/c1-17-10-6-8(9(13)7-19-10)11(20)18-5-3-2-4-12(14,15)16/h6-7H,2-5H2,1H3,(H,17,19)(H,18,20). The van der Waals surface area contributed by atoms with Crippen molar-refractivity contribution >= 4 is 23.3 Å². The molecule has 0 saturated carbocycles. The average molecular weight is 310 g/mol. The van der Waals surface area contributed by atoms with Crippen LogP contribution in [0, 0.1) is 0 Å². The van der Waals surface area contributed by atoms with Crippen LogP contribution in [0.4, 0.5) is 19.0 Å². The van der Waals surface area contributed by atoms with E-state index in [0.717, 1.165) is 0 Å². The van der Waals surface area contributed by atoms with E-state index in [1.807, 2.05) is 0 Å². The molecule has 0 radical (unpaired) electrons. The number of hydrogen-bond donors (Lipinski definition) is 2. The Kier molecular flexibility index (Phi) is 6.06. The van der Waals surface area contributed by atoms with E-state index < -0.39 is 18.5 Å². The van der Waals surface area contributed by atoms with Gasteiger partial charge in [-0.1, -0.05) is 11.6 Å². The first kappa shape index (κ1) is 16.6. The van der Waals surface area contributed by atoms with Crippen LogP contribution in [0.2, 0.25) is 5.02 Å². The van der Waals surface area contributed by atoms with Crippen LogP contribution in [0.1, 0.15) is 29.6 Å². The minimum atomic E-state index is -4.15. The van der Waals surface area contributed by atoms with Crippen LogP contribution in [0.3, 0.4) is 0 Å². The van der Waals surface area contributed by atoms with Crippen molar-refractivity contribution in [3.8, 4) is 0 Å². The molecule has 1 aromatic rings. The topological polar surface area (TPSA) is 54.0 Å². The SMILES string of the molecule is CNc1cc(C(=O)NCCCCC(F)(F)F)c(Cl)cn1. The largest absolute Gasteiger partial charge is 0.389 e. The van der Waals surface area contributed by atoms with Gasteiger partial charge in [-0.2, -0.15) is 13.2 Å². The number of amides is 1. The molecule has 0 saturated heterocycles. The summed E-state index contributed by atoms with van der Waals surface area (Å²) in [5, 5.41) is 5.49. The Morgan fingerprint density at radius 2 is 2.10 bits per heavy atom. The Balaban J connectivity index is 2.43. The minimum absolute atomic E-state index is 0.0182. The maximum atomic E-state index is 11.9. The van der Waals surface area contributed by atoms with Crippen molar-refractivity contribution in [1.82, 2.24) is 10.3 Å². The summed E-state index contributed by atoms with van der Waals surface area (Å²) >= 11 is 5.85. The highest BCUT2D eigenvalue weighted by molar-refractivity contribution is 6.33. The van der Waals surface area contributed by atoms with Crippen molar-refractivity contribution in [3.63, 3.8) is 0 Å². The fourth-order valence-corrected chi connectivity index (χ4v) is 1.69. The van der Waals surface area contributed by atoms with Crippen molar-refractivity contribution in [2.24, 2.45) is 0 Å². The number of anilines is 1. The molecule has 20 heavy (non-hydrogen) atoms. The summed E-state index contributed by atoms with van der Waals surface area (Å²) in [6.07, 6.45) is -3.42. The lowest BCUT2D eigenvalue weighted by Gasteiger charge is -2.09. The molecule has 0 aliphatic rings. The highest BCUT2D eigenvalue weighted by Crippen LogP contribution is 2.22. The van der Waals surface area contributed by atoms with Crippen LogP contribution in [0.25, 0.3) is 0 Å². The quantitative estimate of drug-likeness (QED) is 0.793. The van der Waals surface area contributed by atoms with Crippen LogP contribution in [0.15, 0.2) is 12.3 Å². The van der Waals surface area contributed by atoms with E-state index in [-0.39, 0.29) is 30.0 Å². The lowest BCUT2D eigenvalue weighted by Crippen LogP contribution is -2.25. The number of halogens is 4. The maximum absolute atomic E-state index is 11.9. The van der Waals surface area contributed by atoms with Gasteiger partial charge in [0.2, 0.25) is 0 Å². The van der Waals surface area contributed by atoms with Crippen molar-refractivity contribution in [3.05, 3.63) is 22.8 Å². The van der Waals surface area contributed by atoms with E-state index in [9.17, 15) is 18.0 Å². The number of aromatic nitrogens is 1. The van der Waals surface area contributed by atoms with Crippen molar-refractivity contribution < 1.29 is 18.0 Å². The molecular formula is C12H15ClF3N3O. The van der Waals surface area contributed by atoms with Crippen LogP contribution >= 0.6 is 11.6 Å². The fourth-order valence-electron chi connectivity index (χ4n) is 1.50. The van der Waals surface area contributed by atoms with Crippen molar-refractivity contribution in [2.75, 3.05) is 18.9 Å². The van der Waals surface area contributed by atoms with E-state index in [0.29, 0.717) is 5.82 Å². The molecule has 1 rings (SSSR count). The Labute approximate surface area is 119 Å². The molecule has 8 heteroatoms. The van der Waals surface area contributed by atoms with Gasteiger partial charge in [0.1, 0.15) is 5.82 Å². The third kappa shape index (κ3) is 5.64. The van der Waals surface area contributed by atoms with E-state index in [2.05, 4.69) is 15.6 Å². The van der Waals surface area contributed by atoms with Crippen LogP contribution in [-0.2, 0) is 0 Å². The van der Waals surface area contributed by atoms with Gasteiger partial charge in [-0.15, -0.1) is 0 Å². The predicted molar refractivity (Wildman–Crippen MR) is 71.0 cm³/mol. The fraction of sp³-hybridized carbons (Fsp3) is 0.500. The summed E-state index contributed by atoms with van der Waals surface area (Å²) in [5.74, 6) is 0.0533. The first-order valence-electron chi connectivity index (χ1n) is 6.01. The number of nitrogens with zero attached hydrogens (tertiary/aromatic N) is 1. The molecule has 4 nitrogen and oxygen atoms in total. The number of rotatable bonds is 6. The zero-order valence-corrected chi connectivity index (χ0v) is 11.6. The summed E-state index contributed by atoms with van der Waals surface area (Å²) in [7, 11) is 1.65. The van der Waals surface area contributed by atoms with Gasteiger partial charge in [0.05, 0.1) is 10.6 Å². The Morgan fingerprint density at radius 1 is 1.40 bits per heavy atom. The second-order valence-corrected chi connectivity index (χ2v) is 4.53. The third-order valence-electron chi connectivity index (χ3n) is 2.53. The van der Waals surface area contributed by atoms with Gasteiger partial charge in [0, 0.05) is 26.2 Å². The number of pyridine rings is 1. The van der Waals surface area contributed by atoms with Crippen molar-refractivity contribution in [2.45, 2.75) is 25.4 Å². The van der Waals surface area contributed by atoms with E-state index in [4.69, 9.17) is 11.6 Å². The molecule has 0 bridgehead atoms. The molecular weight excluding hydrogens is 295 g/mol. The predicted octanol–water partition coefficient (Wildman–Crippen LogP) is 3.24. The Bertz CT molecular complexity index is 466. The van der Waals surface area contributed by atoms with Crippen LogP contribution in [-0.4, -0.2) is 30.7 Å². The van der Waals surface area contributed by atoms with Crippen LogP contribution in [0.5, 0.6) is 0 Å². The van der Waals surface area contributed by atoms with Gasteiger partial charge in [0.25, 0.3) is 5.91 Å². The zero-order chi connectivity index (χ0) is 15.2. The molecule has 112 valence electrons. The highest BCUT2D eigenvalue weighted by Gasteiger charge is 2.25. The van der Waals surface area contributed by atoms with Gasteiger partial charge in [-0.05, 0) is 18.9 Å². The van der Waals surface area contributed by atoms with Gasteiger partial charge in [-0.25, -0.2) is 4.98 Å². The molecule has 0 fully saturated rings. The molecule has 0 aliphatic heterocycles. The van der Waals surface area contributed by atoms with Gasteiger partial charge in [-0.3, -0.25) is 4.79 Å². The van der Waals surface area contributed by atoms with Gasteiger partial charge >= 0.3 is 6.18 Å². The number of unbranched alkanes of at least 4 members (excludes halogenated alkanes) is 1. The number of hydrogen-bond acceptors (Lipinski definition) is 3. The lowest BCUT2D eigenvalue weighted by molar-refractivity contribution is -0.135. The van der Waals surface area contributed by atoms with E-state index >= 15 is 0 Å². The molecule has 1 heterocycles. The zero-order valence-electron chi connectivity index (χ0n) is 10.9. The van der Waals surface area contributed by atoms with Crippen LogP contribution < -0.4 is 10.6 Å². The third-order valence-corrected chi connectivity index (χ3v) is 2.83. The average Bonchev–Trinajstić information content (AvgIpc) is 2.37. The van der Waals surface area contributed by atoms with E-state index in [1.54, 1.807) is 7.05 Å². The molecule has 0 aliphatic carbocycles. The molecule has 0 aromatic carbocycles. The maximum Gasteiger partial charge on any atom is 0.389 e. The highest BCUT2D eigenvalue weighted by atomic mass is 35.5. The van der Waals surface area contributed by atoms with Gasteiger partial charge in [0.15, 0.2) is 0 Å². The second kappa shape index (κ2) is 7.33. The molecule has 1 aromatic heterocycles. The number of carbonyl (C=O) groups is 1.